The lowest BCUT2D eigenvalue weighted by Crippen LogP contribution is -2.30. The third kappa shape index (κ3) is 3.66. The van der Waals surface area contributed by atoms with E-state index in [2.05, 4.69) is 10.4 Å². The first-order chi connectivity index (χ1) is 7.50. The van der Waals surface area contributed by atoms with Crippen molar-refractivity contribution in [2.75, 3.05) is 6.54 Å². The molecule has 0 aliphatic carbocycles. The SMILES string of the molecule is CC(O)CC(C)CNC(=O)c1ccnn1C. The summed E-state index contributed by atoms with van der Waals surface area (Å²) in [7, 11) is 1.73. The Kier molecular flexibility index (Phi) is 4.49. The Labute approximate surface area is 95.5 Å². The van der Waals surface area contributed by atoms with Crippen molar-refractivity contribution in [2.24, 2.45) is 13.0 Å². The lowest BCUT2D eigenvalue weighted by molar-refractivity contribution is 0.0930. The number of aryl methyl sites for hydroxylation is 1. The van der Waals surface area contributed by atoms with Crippen molar-refractivity contribution in [1.29, 1.82) is 0 Å². The van der Waals surface area contributed by atoms with Crippen molar-refractivity contribution in [2.45, 2.75) is 26.4 Å². The van der Waals surface area contributed by atoms with Gasteiger partial charge in [-0.3, -0.25) is 9.48 Å². The fraction of sp³-hybridized carbons (Fsp3) is 0.636. The van der Waals surface area contributed by atoms with Gasteiger partial charge in [0.15, 0.2) is 0 Å². The second-order valence-electron chi connectivity index (χ2n) is 4.24. The molecule has 16 heavy (non-hydrogen) atoms. The highest BCUT2D eigenvalue weighted by molar-refractivity contribution is 5.92. The van der Waals surface area contributed by atoms with E-state index in [1.165, 1.54) is 4.68 Å². The number of aliphatic hydroxyl groups is 1. The van der Waals surface area contributed by atoms with E-state index >= 15 is 0 Å². The number of hydrogen-bond donors (Lipinski definition) is 2. The summed E-state index contributed by atoms with van der Waals surface area (Å²) in [5, 5.41) is 15.9. The third-order valence-corrected chi connectivity index (χ3v) is 2.41. The second-order valence-corrected chi connectivity index (χ2v) is 4.24. The van der Waals surface area contributed by atoms with Crippen LogP contribution in [-0.4, -0.2) is 33.4 Å². The number of hydrogen-bond acceptors (Lipinski definition) is 3. The molecule has 1 aromatic rings. The van der Waals surface area contributed by atoms with Crippen LogP contribution in [0.3, 0.4) is 0 Å². The Morgan fingerprint density at radius 1 is 1.62 bits per heavy atom. The topological polar surface area (TPSA) is 67.2 Å². The summed E-state index contributed by atoms with van der Waals surface area (Å²) < 4.78 is 1.54. The summed E-state index contributed by atoms with van der Waals surface area (Å²) in [6.45, 7) is 4.31. The maximum Gasteiger partial charge on any atom is 0.269 e. The zero-order chi connectivity index (χ0) is 12.1. The van der Waals surface area contributed by atoms with Crippen molar-refractivity contribution in [3.05, 3.63) is 18.0 Å². The highest BCUT2D eigenvalue weighted by Crippen LogP contribution is 2.04. The molecule has 1 heterocycles. The predicted molar refractivity (Wildman–Crippen MR) is 61.0 cm³/mol. The molecule has 2 N–H and O–H groups in total. The molecule has 1 rings (SSSR count). The number of nitrogens with zero attached hydrogens (tertiary/aromatic N) is 2. The lowest BCUT2D eigenvalue weighted by atomic mass is 10.0. The van der Waals surface area contributed by atoms with Crippen LogP contribution < -0.4 is 5.32 Å². The normalized spacial score (nSPS) is 14.5. The molecule has 0 spiro atoms. The molecule has 0 aliphatic rings. The van der Waals surface area contributed by atoms with Crippen molar-refractivity contribution in [1.82, 2.24) is 15.1 Å². The molecule has 2 atom stereocenters. The first-order valence-electron chi connectivity index (χ1n) is 5.45. The molecule has 2 unspecified atom stereocenters. The molecular weight excluding hydrogens is 206 g/mol. The summed E-state index contributed by atoms with van der Waals surface area (Å²) >= 11 is 0. The van der Waals surface area contributed by atoms with Crippen LogP contribution in [0.1, 0.15) is 30.8 Å². The minimum absolute atomic E-state index is 0.127. The van der Waals surface area contributed by atoms with E-state index in [0.717, 1.165) is 0 Å². The third-order valence-electron chi connectivity index (χ3n) is 2.41. The number of carbonyl (C=O) groups is 1. The molecule has 1 amide bonds. The number of amides is 1. The summed E-state index contributed by atoms with van der Waals surface area (Å²) in [5.74, 6) is 0.134. The average molecular weight is 225 g/mol. The lowest BCUT2D eigenvalue weighted by Gasteiger charge is -2.14. The molecule has 90 valence electrons. The Hall–Kier alpha value is -1.36. The molecule has 0 aliphatic heterocycles. The Bertz CT molecular complexity index is 347. The van der Waals surface area contributed by atoms with Crippen LogP contribution in [0.2, 0.25) is 0 Å². The van der Waals surface area contributed by atoms with Gasteiger partial charge in [-0.25, -0.2) is 0 Å². The molecule has 0 saturated heterocycles. The second kappa shape index (κ2) is 5.65. The quantitative estimate of drug-likeness (QED) is 0.769. The van der Waals surface area contributed by atoms with E-state index in [9.17, 15) is 9.90 Å². The predicted octanol–water partition coefficient (Wildman–Crippen LogP) is 0.557. The summed E-state index contributed by atoms with van der Waals surface area (Å²) in [4.78, 5) is 11.7. The van der Waals surface area contributed by atoms with Crippen molar-refractivity contribution in [3.8, 4) is 0 Å². The first-order valence-corrected chi connectivity index (χ1v) is 5.45. The summed E-state index contributed by atoms with van der Waals surface area (Å²) in [5.41, 5.74) is 0.546. The molecule has 5 nitrogen and oxygen atoms in total. The van der Waals surface area contributed by atoms with Crippen LogP contribution >= 0.6 is 0 Å². The molecule has 0 fully saturated rings. The van der Waals surface area contributed by atoms with Crippen molar-refractivity contribution >= 4 is 5.91 Å². The Morgan fingerprint density at radius 3 is 2.81 bits per heavy atom. The van der Waals surface area contributed by atoms with Crippen LogP contribution in [0.5, 0.6) is 0 Å². The minimum atomic E-state index is -0.330. The number of aliphatic hydroxyl groups excluding tert-OH is 1. The van der Waals surface area contributed by atoms with Gasteiger partial charge in [0.05, 0.1) is 6.10 Å². The minimum Gasteiger partial charge on any atom is -0.393 e. The number of nitrogens with one attached hydrogen (secondary N) is 1. The zero-order valence-electron chi connectivity index (χ0n) is 9.97. The fourth-order valence-electron chi connectivity index (χ4n) is 1.62. The van der Waals surface area contributed by atoms with Crippen LogP contribution in [-0.2, 0) is 7.05 Å². The maximum absolute atomic E-state index is 11.7. The van der Waals surface area contributed by atoms with Gasteiger partial charge in [0.25, 0.3) is 5.91 Å². The van der Waals surface area contributed by atoms with Gasteiger partial charge in [-0.05, 0) is 25.3 Å². The fourth-order valence-corrected chi connectivity index (χ4v) is 1.62. The Morgan fingerprint density at radius 2 is 2.31 bits per heavy atom. The van der Waals surface area contributed by atoms with Gasteiger partial charge in [0.2, 0.25) is 0 Å². The van der Waals surface area contributed by atoms with Crippen molar-refractivity contribution < 1.29 is 9.90 Å². The van der Waals surface area contributed by atoms with E-state index in [4.69, 9.17) is 0 Å². The van der Waals surface area contributed by atoms with E-state index in [1.54, 1.807) is 26.2 Å². The number of rotatable bonds is 5. The van der Waals surface area contributed by atoms with Crippen LogP contribution in [0.15, 0.2) is 12.3 Å². The first kappa shape index (κ1) is 12.7. The molecule has 0 bridgehead atoms. The highest BCUT2D eigenvalue weighted by Gasteiger charge is 2.11. The van der Waals surface area contributed by atoms with Gasteiger partial charge in [0.1, 0.15) is 5.69 Å². The van der Waals surface area contributed by atoms with Crippen LogP contribution in [0.25, 0.3) is 0 Å². The van der Waals surface area contributed by atoms with Gasteiger partial charge in [0, 0.05) is 19.8 Å². The number of aromatic nitrogens is 2. The van der Waals surface area contributed by atoms with E-state index in [1.807, 2.05) is 6.92 Å². The molecule has 0 saturated carbocycles. The number of carbonyl (C=O) groups excluding carboxylic acids is 1. The molecule has 5 heteroatoms. The monoisotopic (exact) mass is 225 g/mol. The smallest absolute Gasteiger partial charge is 0.269 e. The van der Waals surface area contributed by atoms with Gasteiger partial charge in [-0.15, -0.1) is 0 Å². The van der Waals surface area contributed by atoms with Gasteiger partial charge in [-0.1, -0.05) is 6.92 Å². The molecular formula is C11H19N3O2. The highest BCUT2D eigenvalue weighted by atomic mass is 16.3. The summed E-state index contributed by atoms with van der Waals surface area (Å²) in [6, 6.07) is 1.68. The van der Waals surface area contributed by atoms with Gasteiger partial charge < -0.3 is 10.4 Å². The van der Waals surface area contributed by atoms with E-state index in [0.29, 0.717) is 18.7 Å². The average Bonchev–Trinajstić information content (AvgIpc) is 2.60. The maximum atomic E-state index is 11.7. The van der Waals surface area contributed by atoms with Crippen LogP contribution in [0.4, 0.5) is 0 Å². The molecule has 1 aromatic heterocycles. The summed E-state index contributed by atoms with van der Waals surface area (Å²) in [6.07, 6.45) is 1.95. The van der Waals surface area contributed by atoms with Gasteiger partial charge in [-0.2, -0.15) is 5.10 Å². The van der Waals surface area contributed by atoms with Crippen LogP contribution in [0, 0.1) is 5.92 Å². The standard InChI is InChI=1S/C11H19N3O2/c1-8(6-9(2)15)7-12-11(16)10-4-5-13-14(10)3/h4-5,8-9,15H,6-7H2,1-3H3,(H,12,16). The molecule has 0 aromatic carbocycles. The van der Waals surface area contributed by atoms with Gasteiger partial charge >= 0.3 is 0 Å². The van der Waals surface area contributed by atoms with E-state index < -0.39 is 0 Å². The Balaban J connectivity index is 2.39. The molecule has 0 radical (unpaired) electrons. The van der Waals surface area contributed by atoms with E-state index in [-0.39, 0.29) is 17.9 Å². The van der Waals surface area contributed by atoms with Crippen molar-refractivity contribution in [3.63, 3.8) is 0 Å². The zero-order valence-corrected chi connectivity index (χ0v) is 9.97. The largest absolute Gasteiger partial charge is 0.393 e.